The van der Waals surface area contributed by atoms with Crippen LogP contribution in [0, 0.1) is 11.8 Å². The smallest absolute Gasteiger partial charge is 0.307 e. The number of hydrogen-bond donors (Lipinski definition) is 1. The van der Waals surface area contributed by atoms with E-state index < -0.39 is 17.8 Å². The maximum absolute atomic E-state index is 12.5. The van der Waals surface area contributed by atoms with Gasteiger partial charge in [-0.15, -0.1) is 0 Å². The third-order valence-electron chi connectivity index (χ3n) is 3.72. The van der Waals surface area contributed by atoms with Crippen molar-refractivity contribution in [2.45, 2.75) is 25.8 Å². The Morgan fingerprint density at radius 2 is 1.94 bits per heavy atom. The van der Waals surface area contributed by atoms with Gasteiger partial charge in [0.15, 0.2) is 0 Å². The Balaban J connectivity index is 2.11. The second-order valence-corrected chi connectivity index (χ2v) is 4.95. The molecule has 0 aromatic heterocycles. The summed E-state index contributed by atoms with van der Waals surface area (Å²) in [6.45, 7) is 3.57. The number of carboxylic acid groups (broad SMARTS) is 1. The van der Waals surface area contributed by atoms with Crippen LogP contribution in [-0.2, 0) is 14.3 Å². The van der Waals surface area contributed by atoms with E-state index in [0.29, 0.717) is 32.6 Å². The maximum atomic E-state index is 12.5. The van der Waals surface area contributed by atoms with Crippen LogP contribution in [0.3, 0.4) is 0 Å². The molecule has 0 bridgehead atoms. The van der Waals surface area contributed by atoms with Crippen molar-refractivity contribution >= 4 is 11.9 Å². The first-order valence-corrected chi connectivity index (χ1v) is 6.37. The van der Waals surface area contributed by atoms with Crippen molar-refractivity contribution in [3.05, 3.63) is 12.2 Å². The molecule has 1 N–H and O–H groups in total. The van der Waals surface area contributed by atoms with E-state index in [2.05, 4.69) is 0 Å². The molecule has 18 heavy (non-hydrogen) atoms. The number of carboxylic acids is 1. The first-order valence-electron chi connectivity index (χ1n) is 6.37. The van der Waals surface area contributed by atoms with Gasteiger partial charge in [0.25, 0.3) is 0 Å². The van der Waals surface area contributed by atoms with E-state index in [9.17, 15) is 14.7 Å². The zero-order valence-corrected chi connectivity index (χ0v) is 10.5. The Kier molecular flexibility index (Phi) is 4.01. The number of nitrogens with zero attached hydrogens (tertiary/aromatic N) is 1. The molecule has 100 valence electrons. The number of morpholine rings is 1. The van der Waals surface area contributed by atoms with Gasteiger partial charge in [-0.05, 0) is 19.8 Å². The summed E-state index contributed by atoms with van der Waals surface area (Å²) in [6.07, 6.45) is 4.74. The average molecular weight is 253 g/mol. The lowest BCUT2D eigenvalue weighted by Gasteiger charge is -2.37. The van der Waals surface area contributed by atoms with Gasteiger partial charge in [0.1, 0.15) is 0 Å². The van der Waals surface area contributed by atoms with Gasteiger partial charge in [-0.25, -0.2) is 0 Å². The fourth-order valence-corrected chi connectivity index (χ4v) is 2.63. The van der Waals surface area contributed by atoms with Gasteiger partial charge >= 0.3 is 5.97 Å². The van der Waals surface area contributed by atoms with Crippen molar-refractivity contribution in [1.29, 1.82) is 0 Å². The van der Waals surface area contributed by atoms with Crippen LogP contribution in [-0.4, -0.2) is 47.7 Å². The molecular weight excluding hydrogens is 234 g/mol. The molecule has 0 radical (unpaired) electrons. The van der Waals surface area contributed by atoms with Gasteiger partial charge < -0.3 is 14.7 Å². The number of rotatable bonds is 2. The number of carbonyl (C=O) groups is 2. The lowest BCUT2D eigenvalue weighted by Crippen LogP contribution is -2.51. The Bertz CT molecular complexity index is 366. The van der Waals surface area contributed by atoms with Crippen molar-refractivity contribution in [2.75, 3.05) is 19.8 Å². The minimum Gasteiger partial charge on any atom is -0.481 e. The molecule has 2 aliphatic rings. The van der Waals surface area contributed by atoms with Gasteiger partial charge in [0.2, 0.25) is 5.91 Å². The minimum absolute atomic E-state index is 0.0339. The predicted molar refractivity (Wildman–Crippen MR) is 65.0 cm³/mol. The lowest BCUT2D eigenvalue weighted by atomic mass is 9.82. The topological polar surface area (TPSA) is 66.8 Å². The summed E-state index contributed by atoms with van der Waals surface area (Å²) in [6, 6.07) is 0.0339. The number of hydrogen-bond acceptors (Lipinski definition) is 3. The van der Waals surface area contributed by atoms with Crippen molar-refractivity contribution in [1.82, 2.24) is 4.90 Å². The average Bonchev–Trinajstić information content (AvgIpc) is 2.38. The molecule has 3 atom stereocenters. The number of ether oxygens (including phenoxy) is 1. The maximum Gasteiger partial charge on any atom is 0.307 e. The second-order valence-electron chi connectivity index (χ2n) is 4.95. The summed E-state index contributed by atoms with van der Waals surface area (Å²) in [5.41, 5.74) is 0. The first-order chi connectivity index (χ1) is 8.61. The highest BCUT2D eigenvalue weighted by Crippen LogP contribution is 2.28. The zero-order valence-electron chi connectivity index (χ0n) is 10.5. The highest BCUT2D eigenvalue weighted by atomic mass is 16.5. The third-order valence-corrected chi connectivity index (χ3v) is 3.72. The molecule has 5 heteroatoms. The molecule has 2 rings (SSSR count). The molecular formula is C13H19NO4. The minimum atomic E-state index is -0.876. The highest BCUT2D eigenvalue weighted by molar-refractivity contribution is 5.85. The van der Waals surface area contributed by atoms with Crippen LogP contribution in [0.5, 0.6) is 0 Å². The molecule has 1 aliphatic carbocycles. The molecule has 3 unspecified atom stereocenters. The van der Waals surface area contributed by atoms with E-state index in [-0.39, 0.29) is 11.9 Å². The third kappa shape index (κ3) is 2.56. The SMILES string of the molecule is CC1COCCN1C(=O)C1CC=CCC1C(=O)O. The fourth-order valence-electron chi connectivity index (χ4n) is 2.63. The highest BCUT2D eigenvalue weighted by Gasteiger charge is 2.38. The van der Waals surface area contributed by atoms with Crippen LogP contribution in [0.4, 0.5) is 0 Å². The molecule has 0 spiro atoms. The summed E-state index contributed by atoms with van der Waals surface area (Å²) >= 11 is 0. The van der Waals surface area contributed by atoms with Crippen LogP contribution in [0.1, 0.15) is 19.8 Å². The lowest BCUT2D eigenvalue weighted by molar-refractivity contribution is -0.154. The Morgan fingerprint density at radius 1 is 1.28 bits per heavy atom. The Hall–Kier alpha value is -1.36. The summed E-state index contributed by atoms with van der Waals surface area (Å²) in [5.74, 6) is -1.92. The number of carbonyl (C=O) groups excluding carboxylic acids is 1. The fraction of sp³-hybridized carbons (Fsp3) is 0.692. The summed E-state index contributed by atoms with van der Waals surface area (Å²) < 4.78 is 5.30. The van der Waals surface area contributed by atoms with E-state index in [1.54, 1.807) is 4.90 Å². The first kappa shape index (κ1) is 13.1. The summed E-state index contributed by atoms with van der Waals surface area (Å²) in [4.78, 5) is 25.4. The van der Waals surface area contributed by atoms with Crippen LogP contribution in [0.15, 0.2) is 12.2 Å². The van der Waals surface area contributed by atoms with Crippen LogP contribution in [0.25, 0.3) is 0 Å². The van der Waals surface area contributed by atoms with Crippen LogP contribution < -0.4 is 0 Å². The van der Waals surface area contributed by atoms with Gasteiger partial charge in [-0.3, -0.25) is 9.59 Å². The normalized spacial score (nSPS) is 32.3. The van der Waals surface area contributed by atoms with E-state index in [4.69, 9.17) is 4.74 Å². The number of amides is 1. The molecule has 1 heterocycles. The van der Waals surface area contributed by atoms with E-state index in [0.717, 1.165) is 0 Å². The van der Waals surface area contributed by atoms with Crippen molar-refractivity contribution < 1.29 is 19.4 Å². The Morgan fingerprint density at radius 3 is 2.56 bits per heavy atom. The predicted octanol–water partition coefficient (Wildman–Crippen LogP) is 0.901. The van der Waals surface area contributed by atoms with Crippen molar-refractivity contribution in [2.24, 2.45) is 11.8 Å². The van der Waals surface area contributed by atoms with E-state index in [1.165, 1.54) is 0 Å². The van der Waals surface area contributed by atoms with Crippen molar-refractivity contribution in [3.8, 4) is 0 Å². The van der Waals surface area contributed by atoms with Gasteiger partial charge in [0, 0.05) is 6.54 Å². The molecule has 0 aromatic rings. The monoisotopic (exact) mass is 253 g/mol. The second kappa shape index (κ2) is 5.52. The zero-order chi connectivity index (χ0) is 13.1. The van der Waals surface area contributed by atoms with Crippen molar-refractivity contribution in [3.63, 3.8) is 0 Å². The van der Waals surface area contributed by atoms with Gasteiger partial charge in [-0.2, -0.15) is 0 Å². The number of allylic oxidation sites excluding steroid dienone is 2. The van der Waals surface area contributed by atoms with Crippen LogP contribution in [0.2, 0.25) is 0 Å². The van der Waals surface area contributed by atoms with E-state index >= 15 is 0 Å². The van der Waals surface area contributed by atoms with Crippen LogP contribution >= 0.6 is 0 Å². The molecule has 1 amide bonds. The summed E-state index contributed by atoms with van der Waals surface area (Å²) in [5, 5.41) is 9.19. The number of aliphatic carboxylic acids is 1. The molecule has 0 aromatic carbocycles. The molecule has 5 nitrogen and oxygen atoms in total. The molecule has 0 saturated carbocycles. The van der Waals surface area contributed by atoms with Gasteiger partial charge in [0.05, 0.1) is 31.1 Å². The molecule has 1 saturated heterocycles. The molecule has 1 fully saturated rings. The standard InChI is InChI=1S/C13H19NO4/c1-9-8-18-7-6-14(9)12(15)10-4-2-3-5-11(10)13(16)17/h2-3,9-11H,4-8H2,1H3,(H,16,17). The van der Waals surface area contributed by atoms with Gasteiger partial charge in [-0.1, -0.05) is 12.2 Å². The summed E-state index contributed by atoms with van der Waals surface area (Å²) in [7, 11) is 0. The van der Waals surface area contributed by atoms with E-state index in [1.807, 2.05) is 19.1 Å². The Labute approximate surface area is 106 Å². The quantitative estimate of drug-likeness (QED) is 0.742. The largest absolute Gasteiger partial charge is 0.481 e. The molecule has 1 aliphatic heterocycles.